The molecule has 0 saturated carbocycles. The second-order valence-electron chi connectivity index (χ2n) is 5.48. The number of sulfonamides is 1. The number of hydrogen-bond donors (Lipinski definition) is 1. The molecule has 1 aromatic rings. The first-order valence-electron chi connectivity index (χ1n) is 7.35. The van der Waals surface area contributed by atoms with E-state index in [1.807, 2.05) is 30.3 Å². The molecule has 0 spiro atoms. The van der Waals surface area contributed by atoms with Gasteiger partial charge in [-0.1, -0.05) is 37.3 Å². The van der Waals surface area contributed by atoms with Gasteiger partial charge in [-0.2, -0.15) is 0 Å². The van der Waals surface area contributed by atoms with Gasteiger partial charge in [0.05, 0.1) is 5.75 Å². The Bertz CT molecular complexity index is 494. The predicted molar refractivity (Wildman–Crippen MR) is 82.0 cm³/mol. The van der Waals surface area contributed by atoms with E-state index < -0.39 is 10.0 Å². The molecule has 4 nitrogen and oxygen atoms in total. The fourth-order valence-electron chi connectivity index (χ4n) is 2.68. The van der Waals surface area contributed by atoms with E-state index in [0.717, 1.165) is 44.5 Å². The van der Waals surface area contributed by atoms with Crippen molar-refractivity contribution in [3.63, 3.8) is 0 Å². The second-order valence-corrected chi connectivity index (χ2v) is 7.23. The average Bonchev–Trinajstić information content (AvgIpc) is 2.41. The van der Waals surface area contributed by atoms with Crippen LogP contribution in [-0.4, -0.2) is 39.0 Å². The van der Waals surface area contributed by atoms with Crippen molar-refractivity contribution in [1.29, 1.82) is 0 Å². The van der Waals surface area contributed by atoms with Gasteiger partial charge in [-0.15, -0.1) is 0 Å². The van der Waals surface area contributed by atoms with Crippen molar-refractivity contribution in [2.45, 2.75) is 38.0 Å². The van der Waals surface area contributed by atoms with Crippen LogP contribution in [-0.2, 0) is 15.8 Å². The highest BCUT2D eigenvalue weighted by atomic mass is 32.2. The van der Waals surface area contributed by atoms with Gasteiger partial charge in [0.15, 0.2) is 0 Å². The Morgan fingerprint density at radius 1 is 1.20 bits per heavy atom. The van der Waals surface area contributed by atoms with Crippen LogP contribution >= 0.6 is 0 Å². The largest absolute Gasteiger partial charge is 0.303 e. The second kappa shape index (κ2) is 7.20. The molecule has 112 valence electrons. The van der Waals surface area contributed by atoms with Gasteiger partial charge >= 0.3 is 0 Å². The zero-order chi connectivity index (χ0) is 14.4. The Morgan fingerprint density at radius 2 is 1.85 bits per heavy atom. The van der Waals surface area contributed by atoms with Crippen LogP contribution in [0.5, 0.6) is 0 Å². The van der Waals surface area contributed by atoms with Gasteiger partial charge in [0, 0.05) is 6.04 Å². The molecule has 1 fully saturated rings. The lowest BCUT2D eigenvalue weighted by molar-refractivity contribution is 0.208. The summed E-state index contributed by atoms with van der Waals surface area (Å²) >= 11 is 0. The number of piperidine rings is 1. The van der Waals surface area contributed by atoms with Crippen molar-refractivity contribution in [3.8, 4) is 0 Å². The zero-order valence-electron chi connectivity index (χ0n) is 12.1. The Morgan fingerprint density at radius 3 is 2.45 bits per heavy atom. The normalized spacial score (nSPS) is 18.2. The molecule has 2 rings (SSSR count). The Hall–Kier alpha value is -0.910. The summed E-state index contributed by atoms with van der Waals surface area (Å²) in [6.07, 6.45) is 2.98. The van der Waals surface area contributed by atoms with E-state index >= 15 is 0 Å². The number of benzene rings is 1. The van der Waals surface area contributed by atoms with Gasteiger partial charge in [-0.25, -0.2) is 13.1 Å². The molecular formula is C15H24N2O2S. The summed E-state index contributed by atoms with van der Waals surface area (Å²) in [5.41, 5.74) is 0.836. The molecule has 0 bridgehead atoms. The monoisotopic (exact) mass is 296 g/mol. The fraction of sp³-hybridized carbons (Fsp3) is 0.600. The Kier molecular flexibility index (Phi) is 5.57. The average molecular weight is 296 g/mol. The van der Waals surface area contributed by atoms with Crippen LogP contribution < -0.4 is 4.72 Å². The third-order valence-corrected chi connectivity index (χ3v) is 5.08. The van der Waals surface area contributed by atoms with Crippen LogP contribution in [0.4, 0.5) is 0 Å². The zero-order valence-corrected chi connectivity index (χ0v) is 12.9. The molecule has 0 aromatic heterocycles. The van der Waals surface area contributed by atoms with E-state index in [1.165, 1.54) is 0 Å². The molecule has 1 N–H and O–H groups in total. The predicted octanol–water partition coefficient (Wildman–Crippen LogP) is 1.98. The summed E-state index contributed by atoms with van der Waals surface area (Å²) in [7, 11) is -3.23. The van der Waals surface area contributed by atoms with E-state index in [9.17, 15) is 8.42 Å². The number of rotatable bonds is 6. The van der Waals surface area contributed by atoms with Crippen LogP contribution in [0.1, 0.15) is 31.7 Å². The quantitative estimate of drug-likeness (QED) is 0.873. The molecule has 20 heavy (non-hydrogen) atoms. The minimum absolute atomic E-state index is 0.0724. The summed E-state index contributed by atoms with van der Waals surface area (Å²) in [6, 6.07) is 9.43. The molecule has 1 aliphatic rings. The molecule has 1 heterocycles. The van der Waals surface area contributed by atoms with Crippen LogP contribution in [0.2, 0.25) is 0 Å². The molecule has 0 aliphatic carbocycles. The topological polar surface area (TPSA) is 49.4 Å². The van der Waals surface area contributed by atoms with Crippen LogP contribution in [0, 0.1) is 0 Å². The van der Waals surface area contributed by atoms with Gasteiger partial charge in [0.25, 0.3) is 0 Å². The molecule has 1 aromatic carbocycles. The lowest BCUT2D eigenvalue weighted by atomic mass is 10.1. The van der Waals surface area contributed by atoms with Crippen molar-refractivity contribution >= 4 is 10.0 Å². The number of nitrogens with zero attached hydrogens (tertiary/aromatic N) is 1. The first-order valence-corrected chi connectivity index (χ1v) is 9.00. The molecule has 1 aliphatic heterocycles. The minimum atomic E-state index is -3.23. The summed E-state index contributed by atoms with van der Waals surface area (Å²) in [4.78, 5) is 2.40. The molecule has 0 amide bonds. The standard InChI is InChI=1S/C15H24N2O2S/c1-2-10-17-11-8-15(9-12-17)16-20(18,19)13-14-6-4-3-5-7-14/h3-7,15-16H,2,8-13H2,1H3. The summed E-state index contributed by atoms with van der Waals surface area (Å²) < 4.78 is 27.2. The summed E-state index contributed by atoms with van der Waals surface area (Å²) in [5.74, 6) is 0.0724. The van der Waals surface area contributed by atoms with Crippen LogP contribution in [0.25, 0.3) is 0 Å². The highest BCUT2D eigenvalue weighted by Gasteiger charge is 2.23. The van der Waals surface area contributed by atoms with Gasteiger partial charge in [0.2, 0.25) is 10.0 Å². The van der Waals surface area contributed by atoms with E-state index in [-0.39, 0.29) is 11.8 Å². The third-order valence-electron chi connectivity index (χ3n) is 3.67. The number of hydrogen-bond acceptors (Lipinski definition) is 3. The molecule has 0 atom stereocenters. The SMILES string of the molecule is CCCN1CCC(NS(=O)(=O)Cc2ccccc2)CC1. The van der Waals surface area contributed by atoms with Crippen molar-refractivity contribution in [1.82, 2.24) is 9.62 Å². The molecule has 1 saturated heterocycles. The maximum absolute atomic E-state index is 12.2. The van der Waals surface area contributed by atoms with Crippen LogP contribution in [0.3, 0.4) is 0 Å². The smallest absolute Gasteiger partial charge is 0.216 e. The third kappa shape index (κ3) is 4.89. The molecular weight excluding hydrogens is 272 g/mol. The van der Waals surface area contributed by atoms with Crippen molar-refractivity contribution in [2.24, 2.45) is 0 Å². The summed E-state index contributed by atoms with van der Waals surface area (Å²) in [6.45, 7) is 5.27. The van der Waals surface area contributed by atoms with Crippen molar-refractivity contribution in [3.05, 3.63) is 35.9 Å². The van der Waals surface area contributed by atoms with Crippen molar-refractivity contribution < 1.29 is 8.42 Å². The van der Waals surface area contributed by atoms with E-state index in [1.54, 1.807) is 0 Å². The van der Waals surface area contributed by atoms with E-state index in [0.29, 0.717) is 0 Å². The number of nitrogens with one attached hydrogen (secondary N) is 1. The lowest BCUT2D eigenvalue weighted by Crippen LogP contribution is -2.45. The first kappa shape index (κ1) is 15.5. The van der Waals surface area contributed by atoms with Crippen LogP contribution in [0.15, 0.2) is 30.3 Å². The highest BCUT2D eigenvalue weighted by Crippen LogP contribution is 2.13. The first-order chi connectivity index (χ1) is 9.59. The summed E-state index contributed by atoms with van der Waals surface area (Å²) in [5, 5.41) is 0. The van der Waals surface area contributed by atoms with Gasteiger partial charge in [0.1, 0.15) is 0 Å². The van der Waals surface area contributed by atoms with Gasteiger partial charge in [-0.3, -0.25) is 0 Å². The Labute approximate surface area is 122 Å². The molecule has 0 radical (unpaired) electrons. The maximum atomic E-state index is 12.2. The molecule has 5 heteroatoms. The van der Waals surface area contributed by atoms with Gasteiger partial charge in [-0.05, 0) is 44.5 Å². The fourth-order valence-corrected chi connectivity index (χ4v) is 4.14. The highest BCUT2D eigenvalue weighted by molar-refractivity contribution is 7.88. The maximum Gasteiger partial charge on any atom is 0.216 e. The lowest BCUT2D eigenvalue weighted by Gasteiger charge is -2.31. The Balaban J connectivity index is 1.84. The minimum Gasteiger partial charge on any atom is -0.303 e. The molecule has 0 unspecified atom stereocenters. The van der Waals surface area contributed by atoms with E-state index in [4.69, 9.17) is 0 Å². The van der Waals surface area contributed by atoms with Crippen molar-refractivity contribution in [2.75, 3.05) is 19.6 Å². The number of likely N-dealkylation sites (tertiary alicyclic amines) is 1. The van der Waals surface area contributed by atoms with Gasteiger partial charge < -0.3 is 4.90 Å². The van der Waals surface area contributed by atoms with E-state index in [2.05, 4.69) is 16.5 Å².